The lowest BCUT2D eigenvalue weighted by Gasteiger charge is -2.03. The number of rotatable bonds is 4. The summed E-state index contributed by atoms with van der Waals surface area (Å²) in [6.45, 7) is 3.38. The highest BCUT2D eigenvalue weighted by molar-refractivity contribution is 5.78. The van der Waals surface area contributed by atoms with Gasteiger partial charge in [0.2, 0.25) is 0 Å². The van der Waals surface area contributed by atoms with Crippen molar-refractivity contribution in [2.24, 2.45) is 0 Å². The average Bonchev–Trinajstić information content (AvgIpc) is 2.17. The van der Waals surface area contributed by atoms with Crippen molar-refractivity contribution in [3.8, 4) is 5.75 Å². The number of hydrogen-bond donors (Lipinski definition) is 1. The molecule has 0 aliphatic heterocycles. The topological polar surface area (TPSA) is 38.3 Å². The minimum absolute atomic E-state index is 0.00995. The molecule has 3 heteroatoms. The Hall–Kier alpha value is -1.77. The average molecular weight is 177 g/mol. The Kier molecular flexibility index (Phi) is 3.57. The summed E-state index contributed by atoms with van der Waals surface area (Å²) in [6.07, 6.45) is 1.33. The molecule has 0 radical (unpaired) electrons. The number of carbonyl (C=O) groups is 1. The molecule has 13 heavy (non-hydrogen) atoms. The van der Waals surface area contributed by atoms with Crippen molar-refractivity contribution in [3.63, 3.8) is 0 Å². The Morgan fingerprint density at radius 1 is 1.46 bits per heavy atom. The second-order valence-electron chi connectivity index (χ2n) is 2.37. The van der Waals surface area contributed by atoms with Crippen molar-refractivity contribution < 1.29 is 9.53 Å². The van der Waals surface area contributed by atoms with Crippen molar-refractivity contribution in [3.05, 3.63) is 43.1 Å². The summed E-state index contributed by atoms with van der Waals surface area (Å²) in [5.41, 5.74) is 0. The Morgan fingerprint density at radius 2 is 2.15 bits per heavy atom. The predicted molar refractivity (Wildman–Crippen MR) is 50.3 cm³/mol. The zero-order chi connectivity index (χ0) is 9.52. The summed E-state index contributed by atoms with van der Waals surface area (Å²) in [5.74, 6) is 0.473. The fraction of sp³-hybridized carbons (Fsp3) is 0.100. The fourth-order valence-electron chi connectivity index (χ4n) is 0.821. The van der Waals surface area contributed by atoms with Crippen molar-refractivity contribution in [1.82, 2.24) is 5.32 Å². The summed E-state index contributed by atoms with van der Waals surface area (Å²) >= 11 is 0. The first-order chi connectivity index (χ1) is 6.33. The van der Waals surface area contributed by atoms with Crippen LogP contribution in [-0.4, -0.2) is 12.5 Å². The number of ether oxygens (including phenoxy) is 1. The molecule has 0 aromatic heterocycles. The zero-order valence-electron chi connectivity index (χ0n) is 7.19. The Bertz CT molecular complexity index is 282. The second kappa shape index (κ2) is 4.98. The normalized spacial score (nSPS) is 8.92. The lowest BCUT2D eigenvalue weighted by molar-refractivity contribution is -0.122. The van der Waals surface area contributed by atoms with Crippen LogP contribution in [0.15, 0.2) is 43.1 Å². The molecule has 0 heterocycles. The number of hydrogen-bond acceptors (Lipinski definition) is 2. The van der Waals surface area contributed by atoms with Crippen LogP contribution in [0.2, 0.25) is 0 Å². The van der Waals surface area contributed by atoms with E-state index >= 15 is 0 Å². The van der Waals surface area contributed by atoms with Gasteiger partial charge in [0, 0.05) is 0 Å². The summed E-state index contributed by atoms with van der Waals surface area (Å²) in [7, 11) is 0. The van der Waals surface area contributed by atoms with E-state index in [0.717, 1.165) is 0 Å². The van der Waals surface area contributed by atoms with E-state index in [2.05, 4.69) is 11.9 Å². The highest BCUT2D eigenvalue weighted by Gasteiger charge is 1.98. The van der Waals surface area contributed by atoms with Crippen molar-refractivity contribution in [1.29, 1.82) is 0 Å². The molecular weight excluding hydrogens is 166 g/mol. The monoisotopic (exact) mass is 177 g/mol. The quantitative estimate of drug-likeness (QED) is 0.753. The summed E-state index contributed by atoms with van der Waals surface area (Å²) in [5, 5.41) is 2.42. The molecule has 68 valence electrons. The van der Waals surface area contributed by atoms with Crippen molar-refractivity contribution in [2.75, 3.05) is 6.61 Å². The highest BCUT2D eigenvalue weighted by atomic mass is 16.5. The van der Waals surface area contributed by atoms with Crippen LogP contribution in [0.25, 0.3) is 0 Å². The van der Waals surface area contributed by atoms with Crippen molar-refractivity contribution >= 4 is 5.91 Å². The molecule has 0 saturated heterocycles. The van der Waals surface area contributed by atoms with Gasteiger partial charge in [-0.15, -0.1) is 0 Å². The van der Waals surface area contributed by atoms with Crippen LogP contribution in [0.3, 0.4) is 0 Å². The molecule has 0 spiro atoms. The molecule has 3 nitrogen and oxygen atoms in total. The van der Waals surface area contributed by atoms with E-state index in [0.29, 0.717) is 5.75 Å². The zero-order valence-corrected chi connectivity index (χ0v) is 7.19. The SMILES string of the molecule is C=CNC(=O)COc1ccccc1. The molecule has 0 bridgehead atoms. The van der Waals surface area contributed by atoms with Gasteiger partial charge in [0.1, 0.15) is 5.75 Å². The van der Waals surface area contributed by atoms with Crippen LogP contribution in [0, 0.1) is 0 Å². The molecule has 1 amide bonds. The molecule has 0 saturated carbocycles. The Morgan fingerprint density at radius 3 is 2.77 bits per heavy atom. The Labute approximate surface area is 77.0 Å². The summed E-state index contributed by atoms with van der Waals surface area (Å²) in [4.78, 5) is 10.9. The van der Waals surface area contributed by atoms with Gasteiger partial charge in [-0.1, -0.05) is 24.8 Å². The van der Waals surface area contributed by atoms with Crippen LogP contribution >= 0.6 is 0 Å². The first kappa shape index (κ1) is 9.32. The third kappa shape index (κ3) is 3.42. The van der Waals surface area contributed by atoms with E-state index in [4.69, 9.17) is 4.74 Å². The maximum atomic E-state index is 10.9. The second-order valence-corrected chi connectivity index (χ2v) is 2.37. The molecule has 1 aromatic rings. The van der Waals surface area contributed by atoms with Gasteiger partial charge in [-0.3, -0.25) is 4.79 Å². The largest absolute Gasteiger partial charge is 0.484 e. The van der Waals surface area contributed by atoms with Crippen LogP contribution in [0.4, 0.5) is 0 Å². The van der Waals surface area contributed by atoms with Crippen LogP contribution in [0.5, 0.6) is 5.75 Å². The highest BCUT2D eigenvalue weighted by Crippen LogP contribution is 2.07. The molecular formula is C10H11NO2. The first-order valence-electron chi connectivity index (χ1n) is 3.91. The molecule has 0 aliphatic carbocycles. The summed E-state index contributed by atoms with van der Waals surface area (Å²) in [6, 6.07) is 9.17. The van der Waals surface area contributed by atoms with Gasteiger partial charge in [-0.2, -0.15) is 0 Å². The van der Waals surface area contributed by atoms with E-state index in [1.165, 1.54) is 6.20 Å². The van der Waals surface area contributed by atoms with E-state index in [1.807, 2.05) is 18.2 Å². The number of para-hydroxylation sites is 1. The van der Waals surface area contributed by atoms with E-state index in [1.54, 1.807) is 12.1 Å². The molecule has 0 atom stereocenters. The van der Waals surface area contributed by atoms with E-state index in [9.17, 15) is 4.79 Å². The van der Waals surface area contributed by atoms with Gasteiger partial charge in [0.25, 0.3) is 5.91 Å². The number of benzene rings is 1. The predicted octanol–water partition coefficient (Wildman–Crippen LogP) is 1.33. The van der Waals surface area contributed by atoms with Gasteiger partial charge in [0.15, 0.2) is 6.61 Å². The Balaban J connectivity index is 2.35. The van der Waals surface area contributed by atoms with Crippen molar-refractivity contribution in [2.45, 2.75) is 0 Å². The van der Waals surface area contributed by atoms with Gasteiger partial charge >= 0.3 is 0 Å². The van der Waals surface area contributed by atoms with Gasteiger partial charge in [-0.25, -0.2) is 0 Å². The van der Waals surface area contributed by atoms with E-state index in [-0.39, 0.29) is 12.5 Å². The lowest BCUT2D eigenvalue weighted by Crippen LogP contribution is -2.23. The third-order valence-electron chi connectivity index (χ3n) is 1.38. The molecule has 1 rings (SSSR count). The maximum absolute atomic E-state index is 10.9. The first-order valence-corrected chi connectivity index (χ1v) is 3.91. The maximum Gasteiger partial charge on any atom is 0.261 e. The minimum Gasteiger partial charge on any atom is -0.484 e. The number of amides is 1. The van der Waals surface area contributed by atoms with E-state index < -0.39 is 0 Å². The molecule has 0 unspecified atom stereocenters. The smallest absolute Gasteiger partial charge is 0.261 e. The van der Waals surface area contributed by atoms with Gasteiger partial charge < -0.3 is 10.1 Å². The van der Waals surface area contributed by atoms with Crippen LogP contribution in [0.1, 0.15) is 0 Å². The standard InChI is InChI=1S/C10H11NO2/c1-2-11-10(12)8-13-9-6-4-3-5-7-9/h2-7H,1,8H2,(H,11,12). The minimum atomic E-state index is -0.209. The van der Waals surface area contributed by atoms with Crippen LogP contribution in [-0.2, 0) is 4.79 Å². The fourth-order valence-corrected chi connectivity index (χ4v) is 0.821. The number of carbonyl (C=O) groups excluding carboxylic acids is 1. The molecule has 0 aliphatic rings. The van der Waals surface area contributed by atoms with Crippen LogP contribution < -0.4 is 10.1 Å². The number of nitrogens with one attached hydrogen (secondary N) is 1. The van der Waals surface area contributed by atoms with Gasteiger partial charge in [0.05, 0.1) is 0 Å². The third-order valence-corrected chi connectivity index (χ3v) is 1.38. The molecule has 1 N–H and O–H groups in total. The molecule has 1 aromatic carbocycles. The summed E-state index contributed by atoms with van der Waals surface area (Å²) < 4.78 is 5.16. The lowest BCUT2D eigenvalue weighted by atomic mass is 10.3. The molecule has 0 fully saturated rings. The van der Waals surface area contributed by atoms with Gasteiger partial charge in [-0.05, 0) is 18.3 Å².